The largest absolute Gasteiger partial charge is 0.481 e. The van der Waals surface area contributed by atoms with Crippen LogP contribution in [0, 0.1) is 29.6 Å². The fraction of sp³-hybridized carbons (Fsp3) is 0.845. The molecule has 5 rings (SSSR count). The summed E-state index contributed by atoms with van der Waals surface area (Å²) < 4.78 is 30.0. The second-order valence-corrected chi connectivity index (χ2v) is 29.0. The van der Waals surface area contributed by atoms with Crippen LogP contribution in [-0.4, -0.2) is 286 Å². The highest BCUT2D eigenvalue weighted by Gasteiger charge is 2.37. The van der Waals surface area contributed by atoms with Crippen molar-refractivity contribution in [1.82, 2.24) is 50.2 Å². The average molecular weight is 1420 g/mol. The number of aliphatic hydroxyl groups excluding tert-OH is 1. The quantitative estimate of drug-likeness (QED) is 0.0250. The van der Waals surface area contributed by atoms with Crippen LogP contribution >= 0.6 is 0 Å². The Bertz CT molecular complexity index is 2300. The predicted octanol–water partition coefficient (Wildman–Crippen LogP) is 7.54. The number of nitrogens with two attached hydrogens (primary N) is 1. The van der Waals surface area contributed by atoms with Gasteiger partial charge >= 0.3 is 42.3 Å². The zero-order chi connectivity index (χ0) is 76.1. The fourth-order valence-electron chi connectivity index (χ4n) is 9.74. The van der Waals surface area contributed by atoms with E-state index >= 15 is 0 Å². The molecule has 0 unspecified atom stereocenters. The SMILES string of the molecule is CC(C)(C)OC(=O)N1CC(CCC(=O)O)C1.CCN(CC)CCN.CCN(CC)CCNC(=O)CCC1CN(C(=O)OC(C)(C)C)C1.CCN(CC)CCNC(=O)CCC1CNC1.CO.COC(=O)/C=C/C1CN(C(=O)OC(C)(C)C)C1.COC(=O)CCC1CN(C(=O)OC(C)(C)C)C1. The van der Waals surface area contributed by atoms with Crippen molar-refractivity contribution in [2.45, 2.75) is 198 Å². The summed E-state index contributed by atoms with van der Waals surface area (Å²) in [6, 6.07) is 0. The van der Waals surface area contributed by atoms with Crippen LogP contribution in [0.4, 0.5) is 19.2 Å². The van der Waals surface area contributed by atoms with Crippen LogP contribution in [0.25, 0.3) is 0 Å². The summed E-state index contributed by atoms with van der Waals surface area (Å²) in [5.41, 5.74) is 3.50. The first kappa shape index (κ1) is 95.0. The molecule has 5 heterocycles. The number of methoxy groups -OCH3 is 2. The number of likely N-dealkylation sites (N-methyl/N-ethyl adjacent to an activating group) is 3. The van der Waals surface area contributed by atoms with Crippen molar-refractivity contribution < 1.29 is 81.8 Å². The Hall–Kier alpha value is -6.07. The Morgan fingerprint density at radius 1 is 0.465 bits per heavy atom. The molecule has 7 N–H and O–H groups in total. The standard InChI is InChI=1S/C17H33N3O3.C12H25N3O.C12H21NO4.C12H19NO4.C11H19NO4.C6H16N2.CH4O/c1-6-19(7-2)11-10-18-15(21)9-8-14-12-20(13-14)16(22)23-17(3,4)5;1-3-15(4-2)8-7-14-12(16)6-5-11-9-13-10-11;2*1-12(2,3)17-11(15)13-7-9(8-13)5-6-10(14)16-4;1-11(2,3)16-10(15)12-6-8(7-12)4-5-9(13)14;1-3-8(4-2)6-5-7;1-2/h14H,6-13H2,1-5H3,(H,18,21);11,13H,3-10H2,1-2H3,(H,14,16);9H,5-8H2,1-4H3;5-6,9H,7-8H2,1-4H3;8H,4-7H2,1-3H3,(H,13,14);3-7H2,1-2H3;2H,1H3/b;;;6-5+;;;. The van der Waals surface area contributed by atoms with Crippen LogP contribution in [0.5, 0.6) is 0 Å². The highest BCUT2D eigenvalue weighted by atomic mass is 16.6. The van der Waals surface area contributed by atoms with E-state index in [1.54, 1.807) is 25.7 Å². The number of hydrogen-bond donors (Lipinski definition) is 6. The number of carbonyl (C=O) groups is 9. The number of likely N-dealkylation sites (tertiary alicyclic amines) is 4. The summed E-state index contributed by atoms with van der Waals surface area (Å²) >= 11 is 0. The number of aliphatic carboxylic acids is 1. The molecule has 0 radical (unpaired) electrons. The minimum absolute atomic E-state index is 0.105. The predicted molar refractivity (Wildman–Crippen MR) is 386 cm³/mol. The molecular formula is C71H137N11O17. The van der Waals surface area contributed by atoms with Crippen molar-refractivity contribution in [2.75, 3.05) is 165 Å². The van der Waals surface area contributed by atoms with Crippen molar-refractivity contribution in [1.29, 1.82) is 0 Å². The number of carbonyl (C=O) groups excluding carboxylic acids is 8. The van der Waals surface area contributed by atoms with E-state index < -0.39 is 28.4 Å². The minimum Gasteiger partial charge on any atom is -0.481 e. The lowest BCUT2D eigenvalue weighted by molar-refractivity contribution is -0.141. The van der Waals surface area contributed by atoms with Crippen molar-refractivity contribution in [3.63, 3.8) is 0 Å². The summed E-state index contributed by atoms with van der Waals surface area (Å²) in [5.74, 6) is 1.01. The maximum atomic E-state index is 11.8. The number of nitrogens with zero attached hydrogens (tertiary/aromatic N) is 7. The van der Waals surface area contributed by atoms with Gasteiger partial charge in [0, 0.05) is 136 Å². The van der Waals surface area contributed by atoms with E-state index in [0.717, 1.165) is 117 Å². The van der Waals surface area contributed by atoms with Gasteiger partial charge in [0.2, 0.25) is 11.8 Å². The van der Waals surface area contributed by atoms with E-state index in [1.807, 2.05) is 83.1 Å². The van der Waals surface area contributed by atoms with Crippen LogP contribution in [0.15, 0.2) is 12.2 Å². The Morgan fingerprint density at radius 3 is 1.03 bits per heavy atom. The molecule has 0 atom stereocenters. The Morgan fingerprint density at radius 2 is 0.768 bits per heavy atom. The lowest BCUT2D eigenvalue weighted by Crippen LogP contribution is -2.51. The number of carboxylic acids is 1. The smallest absolute Gasteiger partial charge is 0.410 e. The molecule has 5 fully saturated rings. The van der Waals surface area contributed by atoms with E-state index in [-0.39, 0.29) is 60.5 Å². The maximum absolute atomic E-state index is 11.8. The molecular weight excluding hydrogens is 1280 g/mol. The summed E-state index contributed by atoms with van der Waals surface area (Å²) in [6.45, 7) is 53.8. The molecule has 0 bridgehead atoms. The van der Waals surface area contributed by atoms with Crippen molar-refractivity contribution in [3.05, 3.63) is 12.2 Å². The van der Waals surface area contributed by atoms with Gasteiger partial charge in [0.25, 0.3) is 0 Å². The third-order valence-electron chi connectivity index (χ3n) is 15.9. The van der Waals surface area contributed by atoms with Gasteiger partial charge in [-0.15, -0.1) is 0 Å². The van der Waals surface area contributed by atoms with Gasteiger partial charge in [-0.05, 0) is 185 Å². The highest BCUT2D eigenvalue weighted by molar-refractivity contribution is 5.82. The van der Waals surface area contributed by atoms with E-state index in [9.17, 15) is 43.2 Å². The number of ether oxygens (including phenoxy) is 6. The fourth-order valence-corrected chi connectivity index (χ4v) is 9.74. The summed E-state index contributed by atoms with van der Waals surface area (Å²) in [5, 5.41) is 24.7. The number of hydrogen-bond acceptors (Lipinski definition) is 21. The normalized spacial score (nSPS) is 15.5. The first-order chi connectivity index (χ1) is 46.3. The monoisotopic (exact) mass is 1420 g/mol. The van der Waals surface area contributed by atoms with Crippen LogP contribution in [0.3, 0.4) is 0 Å². The van der Waals surface area contributed by atoms with Gasteiger partial charge < -0.3 is 94.6 Å². The van der Waals surface area contributed by atoms with E-state index in [0.29, 0.717) is 102 Å². The Kier molecular flexibility index (Phi) is 49.1. The molecule has 5 saturated heterocycles. The zero-order valence-corrected chi connectivity index (χ0v) is 65.0. The van der Waals surface area contributed by atoms with Crippen LogP contribution in [0.2, 0.25) is 0 Å². The van der Waals surface area contributed by atoms with E-state index in [2.05, 4.69) is 81.7 Å². The van der Waals surface area contributed by atoms with Gasteiger partial charge in [0.1, 0.15) is 22.4 Å². The zero-order valence-electron chi connectivity index (χ0n) is 65.0. The van der Waals surface area contributed by atoms with Crippen molar-refractivity contribution in [3.8, 4) is 0 Å². The highest BCUT2D eigenvalue weighted by Crippen LogP contribution is 2.26. The molecule has 0 aromatic rings. The number of rotatable bonds is 28. The second-order valence-electron chi connectivity index (χ2n) is 29.0. The number of esters is 2. The molecule has 5 aliphatic heterocycles. The summed E-state index contributed by atoms with van der Waals surface area (Å²) in [4.78, 5) is 115. The minimum atomic E-state index is -0.782. The second kappa shape index (κ2) is 51.1. The summed E-state index contributed by atoms with van der Waals surface area (Å²) in [6.07, 6.45) is 7.08. The Labute approximate surface area is 595 Å². The molecule has 578 valence electrons. The molecule has 0 aromatic heterocycles. The van der Waals surface area contributed by atoms with Gasteiger partial charge in [0.15, 0.2) is 0 Å². The molecule has 6 amide bonds. The van der Waals surface area contributed by atoms with Gasteiger partial charge in [-0.1, -0.05) is 47.6 Å². The molecule has 99 heavy (non-hydrogen) atoms. The van der Waals surface area contributed by atoms with Crippen molar-refractivity contribution >= 4 is 54.1 Å². The molecule has 5 aliphatic rings. The topological polar surface area (TPSA) is 334 Å². The lowest BCUT2D eigenvalue weighted by atomic mass is 9.95. The van der Waals surface area contributed by atoms with E-state index in [1.165, 1.54) is 20.3 Å². The van der Waals surface area contributed by atoms with Crippen LogP contribution < -0.4 is 21.7 Å². The van der Waals surface area contributed by atoms with Crippen LogP contribution in [-0.2, 0) is 52.4 Å². The number of aliphatic hydroxyl groups is 1. The molecule has 28 nitrogen and oxygen atoms in total. The van der Waals surface area contributed by atoms with Gasteiger partial charge in [-0.2, -0.15) is 0 Å². The number of amides is 6. The molecule has 0 spiro atoms. The van der Waals surface area contributed by atoms with Crippen molar-refractivity contribution in [2.24, 2.45) is 35.3 Å². The van der Waals surface area contributed by atoms with E-state index in [4.69, 9.17) is 34.9 Å². The Balaban J connectivity index is 0. The average Bonchev–Trinajstić information content (AvgIpc) is 0.856. The van der Waals surface area contributed by atoms with Gasteiger partial charge in [-0.25, -0.2) is 24.0 Å². The van der Waals surface area contributed by atoms with Gasteiger partial charge in [-0.3, -0.25) is 19.2 Å². The van der Waals surface area contributed by atoms with Gasteiger partial charge in [0.05, 0.1) is 14.2 Å². The first-order valence-corrected chi connectivity index (χ1v) is 35.8. The number of nitrogens with one attached hydrogen (secondary N) is 3. The molecule has 0 aliphatic carbocycles. The molecule has 0 aromatic carbocycles. The lowest BCUT2D eigenvalue weighted by Gasteiger charge is -2.39. The van der Waals surface area contributed by atoms with Crippen LogP contribution in [0.1, 0.15) is 176 Å². The maximum Gasteiger partial charge on any atom is 0.410 e. The third kappa shape index (κ3) is 48.4. The molecule has 28 heteroatoms. The number of carboxylic acid groups (broad SMARTS) is 1. The summed E-state index contributed by atoms with van der Waals surface area (Å²) in [7, 11) is 3.72. The molecule has 0 saturated carbocycles. The third-order valence-corrected chi connectivity index (χ3v) is 15.9. The first-order valence-electron chi connectivity index (χ1n) is 35.8.